The van der Waals surface area contributed by atoms with Crippen molar-refractivity contribution in [3.63, 3.8) is 0 Å². The van der Waals surface area contributed by atoms with Crippen LogP contribution in [0, 0.1) is 0 Å². The minimum absolute atomic E-state index is 0.104. The highest BCUT2D eigenvalue weighted by molar-refractivity contribution is 7.89. The molecular weight excluding hydrogens is 313 g/mol. The smallest absolute Gasteiger partial charge is 0.207 e. The number of nitrogens with one attached hydrogen (secondary N) is 1. The van der Waals surface area contributed by atoms with E-state index in [9.17, 15) is 8.42 Å². The van der Waals surface area contributed by atoms with Crippen LogP contribution in [-0.2, 0) is 16.6 Å². The second kappa shape index (κ2) is 5.59. The molecule has 18 heavy (non-hydrogen) atoms. The van der Waals surface area contributed by atoms with Gasteiger partial charge in [0.2, 0.25) is 10.0 Å². The molecule has 7 heteroatoms. The summed E-state index contributed by atoms with van der Waals surface area (Å²) >= 11 is 13.1. The van der Waals surface area contributed by atoms with Gasteiger partial charge in [0.05, 0.1) is 14.9 Å². The van der Waals surface area contributed by atoms with Crippen molar-refractivity contribution >= 4 is 44.6 Å². The van der Waals surface area contributed by atoms with Crippen LogP contribution < -0.4 is 4.72 Å². The molecule has 0 aliphatic rings. The molecule has 2 aromatic rings. The first-order chi connectivity index (χ1) is 8.49. The molecule has 0 aliphatic carbocycles. The Kier molecular flexibility index (Phi) is 4.29. The lowest BCUT2D eigenvalue weighted by atomic mass is 10.4. The summed E-state index contributed by atoms with van der Waals surface area (Å²) in [5, 5.41) is 4.32. The van der Waals surface area contributed by atoms with E-state index in [-0.39, 0.29) is 16.5 Å². The van der Waals surface area contributed by atoms with Crippen molar-refractivity contribution in [3.8, 4) is 0 Å². The Bertz CT molecular complexity index is 639. The zero-order chi connectivity index (χ0) is 13.2. The normalized spacial score (nSPS) is 11.7. The lowest BCUT2D eigenvalue weighted by Gasteiger charge is -2.06. The Balaban J connectivity index is 2.17. The highest BCUT2D eigenvalue weighted by Gasteiger charge is 2.15. The molecule has 0 amide bonds. The molecule has 3 nitrogen and oxygen atoms in total. The molecule has 0 saturated carbocycles. The van der Waals surface area contributed by atoms with Crippen LogP contribution in [0.15, 0.2) is 39.9 Å². The van der Waals surface area contributed by atoms with E-state index in [1.165, 1.54) is 29.5 Å². The maximum Gasteiger partial charge on any atom is 0.240 e. The lowest BCUT2D eigenvalue weighted by molar-refractivity contribution is 0.581. The molecule has 1 heterocycles. The summed E-state index contributed by atoms with van der Waals surface area (Å²) in [6.07, 6.45) is 0. The predicted molar refractivity (Wildman–Crippen MR) is 74.8 cm³/mol. The summed E-state index contributed by atoms with van der Waals surface area (Å²) in [6, 6.07) is 6.08. The van der Waals surface area contributed by atoms with Crippen molar-refractivity contribution < 1.29 is 8.42 Å². The highest BCUT2D eigenvalue weighted by Crippen LogP contribution is 2.24. The van der Waals surface area contributed by atoms with E-state index in [0.29, 0.717) is 5.02 Å². The first-order valence-electron chi connectivity index (χ1n) is 4.95. The van der Waals surface area contributed by atoms with Gasteiger partial charge in [0.25, 0.3) is 0 Å². The predicted octanol–water partition coefficient (Wildman–Crippen LogP) is 3.53. The summed E-state index contributed by atoms with van der Waals surface area (Å²) in [6.45, 7) is 0.256. The van der Waals surface area contributed by atoms with E-state index in [2.05, 4.69) is 4.72 Å². The van der Waals surface area contributed by atoms with E-state index in [4.69, 9.17) is 23.2 Å². The number of rotatable bonds is 4. The van der Waals surface area contributed by atoms with E-state index in [1.54, 1.807) is 0 Å². The van der Waals surface area contributed by atoms with Crippen molar-refractivity contribution in [2.24, 2.45) is 0 Å². The van der Waals surface area contributed by atoms with Crippen LogP contribution >= 0.6 is 34.5 Å². The van der Waals surface area contributed by atoms with Crippen molar-refractivity contribution in [2.45, 2.75) is 11.4 Å². The number of halogens is 2. The van der Waals surface area contributed by atoms with Gasteiger partial charge in [-0.1, -0.05) is 23.2 Å². The zero-order valence-corrected chi connectivity index (χ0v) is 12.2. The summed E-state index contributed by atoms with van der Waals surface area (Å²) in [5.41, 5.74) is 0.920. The summed E-state index contributed by atoms with van der Waals surface area (Å²) in [5.74, 6) is 0. The molecule has 2 rings (SSSR count). The SMILES string of the molecule is O=S(=O)(NCc1ccsc1)c1ccc(Cl)c(Cl)c1. The van der Waals surface area contributed by atoms with Gasteiger partial charge < -0.3 is 0 Å². The van der Waals surface area contributed by atoms with Crippen LogP contribution in [0.2, 0.25) is 10.0 Å². The standard InChI is InChI=1S/C11H9Cl2NO2S2/c12-10-2-1-9(5-11(10)13)18(15,16)14-6-8-3-4-17-7-8/h1-5,7,14H,6H2. The Morgan fingerprint density at radius 2 is 1.94 bits per heavy atom. The third-order valence-electron chi connectivity index (χ3n) is 2.25. The number of sulfonamides is 1. The molecule has 0 aliphatic heterocycles. The van der Waals surface area contributed by atoms with Crippen LogP contribution in [0.25, 0.3) is 0 Å². The minimum atomic E-state index is -3.56. The molecule has 96 valence electrons. The molecule has 0 spiro atoms. The maximum atomic E-state index is 12.0. The fraction of sp³-hybridized carbons (Fsp3) is 0.0909. The van der Waals surface area contributed by atoms with E-state index >= 15 is 0 Å². The molecular formula is C11H9Cl2NO2S2. The average molecular weight is 322 g/mol. The molecule has 1 aromatic heterocycles. The van der Waals surface area contributed by atoms with Crippen molar-refractivity contribution in [3.05, 3.63) is 50.6 Å². The van der Waals surface area contributed by atoms with Gasteiger partial charge >= 0.3 is 0 Å². The monoisotopic (exact) mass is 321 g/mol. The Labute approximate surface area is 119 Å². The molecule has 1 N–H and O–H groups in total. The number of thiophene rings is 1. The van der Waals surface area contributed by atoms with Crippen molar-refractivity contribution in [2.75, 3.05) is 0 Å². The Hall–Kier alpha value is -0.590. The molecule has 0 unspecified atom stereocenters. The van der Waals surface area contributed by atoms with Gasteiger partial charge in [-0.15, -0.1) is 0 Å². The number of hydrogen-bond donors (Lipinski definition) is 1. The third kappa shape index (κ3) is 3.24. The Morgan fingerprint density at radius 1 is 1.17 bits per heavy atom. The van der Waals surface area contributed by atoms with Crippen LogP contribution in [-0.4, -0.2) is 8.42 Å². The van der Waals surface area contributed by atoms with E-state index in [0.717, 1.165) is 5.56 Å². The van der Waals surface area contributed by atoms with Crippen LogP contribution in [0.5, 0.6) is 0 Å². The summed E-state index contributed by atoms with van der Waals surface area (Å²) in [4.78, 5) is 0.104. The van der Waals surface area contributed by atoms with E-state index < -0.39 is 10.0 Å². The molecule has 1 aromatic carbocycles. The fourth-order valence-electron chi connectivity index (χ4n) is 1.30. The highest BCUT2D eigenvalue weighted by atomic mass is 35.5. The topological polar surface area (TPSA) is 46.2 Å². The van der Waals surface area contributed by atoms with Gasteiger partial charge in [-0.2, -0.15) is 11.3 Å². The molecule has 0 radical (unpaired) electrons. The zero-order valence-electron chi connectivity index (χ0n) is 9.06. The summed E-state index contributed by atoms with van der Waals surface area (Å²) < 4.78 is 26.5. The van der Waals surface area contributed by atoms with Gasteiger partial charge in [-0.25, -0.2) is 13.1 Å². The first kappa shape index (κ1) is 13.8. The quantitative estimate of drug-likeness (QED) is 0.936. The third-order valence-corrected chi connectivity index (χ3v) is 5.12. The number of benzene rings is 1. The van der Waals surface area contributed by atoms with Gasteiger partial charge in [-0.3, -0.25) is 0 Å². The minimum Gasteiger partial charge on any atom is -0.207 e. The lowest BCUT2D eigenvalue weighted by Crippen LogP contribution is -2.22. The molecule has 0 saturated heterocycles. The van der Waals surface area contributed by atoms with Crippen molar-refractivity contribution in [1.29, 1.82) is 0 Å². The van der Waals surface area contributed by atoms with Gasteiger partial charge in [-0.05, 0) is 40.6 Å². The number of hydrogen-bond acceptors (Lipinski definition) is 3. The largest absolute Gasteiger partial charge is 0.240 e. The van der Waals surface area contributed by atoms with Gasteiger partial charge in [0, 0.05) is 6.54 Å². The molecule has 0 bridgehead atoms. The second-order valence-electron chi connectivity index (χ2n) is 3.53. The maximum absolute atomic E-state index is 12.0. The van der Waals surface area contributed by atoms with Crippen LogP contribution in [0.4, 0.5) is 0 Å². The van der Waals surface area contributed by atoms with E-state index in [1.807, 2.05) is 16.8 Å². The first-order valence-corrected chi connectivity index (χ1v) is 8.13. The van der Waals surface area contributed by atoms with Crippen LogP contribution in [0.1, 0.15) is 5.56 Å². The second-order valence-corrected chi connectivity index (χ2v) is 6.89. The fourth-order valence-corrected chi connectivity index (χ4v) is 3.37. The summed E-state index contributed by atoms with van der Waals surface area (Å²) in [7, 11) is -3.56. The van der Waals surface area contributed by atoms with Gasteiger partial charge in [0.15, 0.2) is 0 Å². The van der Waals surface area contributed by atoms with Gasteiger partial charge in [0.1, 0.15) is 0 Å². The molecule has 0 atom stereocenters. The van der Waals surface area contributed by atoms with Crippen LogP contribution in [0.3, 0.4) is 0 Å². The average Bonchev–Trinajstić information content (AvgIpc) is 2.83. The van der Waals surface area contributed by atoms with Crippen molar-refractivity contribution in [1.82, 2.24) is 4.72 Å². The molecule has 0 fully saturated rings. The Morgan fingerprint density at radius 3 is 2.56 bits per heavy atom.